The molecule has 1 aliphatic rings. The zero-order valence-electron chi connectivity index (χ0n) is 30.8. The maximum absolute atomic E-state index is 6.42. The highest BCUT2D eigenvalue weighted by atomic mass is 16.3. The topological polar surface area (TPSA) is 16.4 Å². The fourth-order valence-electron chi connectivity index (χ4n) is 9.05. The lowest BCUT2D eigenvalue weighted by Gasteiger charge is -2.27. The average Bonchev–Trinajstić information content (AvgIpc) is 3.73. The van der Waals surface area contributed by atoms with E-state index < -0.39 is 0 Å². The fourth-order valence-corrected chi connectivity index (χ4v) is 9.05. The predicted molar refractivity (Wildman–Crippen MR) is 232 cm³/mol. The Bertz CT molecular complexity index is 3110. The summed E-state index contributed by atoms with van der Waals surface area (Å²) in [6.45, 7) is 4.68. The second-order valence-corrected chi connectivity index (χ2v) is 15.3. The number of anilines is 3. The van der Waals surface area contributed by atoms with Crippen molar-refractivity contribution in [2.45, 2.75) is 19.3 Å². The van der Waals surface area contributed by atoms with E-state index in [9.17, 15) is 0 Å². The quantitative estimate of drug-likeness (QED) is 0.177. The summed E-state index contributed by atoms with van der Waals surface area (Å²) in [7, 11) is 0. The first-order valence-corrected chi connectivity index (χ1v) is 19.1. The second kappa shape index (κ2) is 12.1. The van der Waals surface area contributed by atoms with Gasteiger partial charge in [0.25, 0.3) is 0 Å². The van der Waals surface area contributed by atoms with E-state index in [1.165, 1.54) is 49.5 Å². The highest BCUT2D eigenvalue weighted by molar-refractivity contribution is 6.15. The standard InChI is InChI=1S/C53H37NO/c1-53(2)49-17-8-7-15-45(49)47-33-41(28-30-50(47)53)54(40-26-20-37(21-27-40)43-16-9-12-35-10-3-5-13-42(35)43)39-24-18-34(19-25-39)38-23-31-51-48(32-38)46-29-22-36-11-4-6-14-44(36)52(46)55-51/h3-33H,1-2H3. The van der Waals surface area contributed by atoms with E-state index in [-0.39, 0.29) is 5.41 Å². The third kappa shape index (κ3) is 4.95. The van der Waals surface area contributed by atoms with E-state index in [2.05, 4.69) is 207 Å². The van der Waals surface area contributed by atoms with Gasteiger partial charge >= 0.3 is 0 Å². The van der Waals surface area contributed by atoms with Crippen LogP contribution in [-0.4, -0.2) is 0 Å². The third-order valence-corrected chi connectivity index (χ3v) is 11.9. The van der Waals surface area contributed by atoms with Crippen molar-refractivity contribution in [1.29, 1.82) is 0 Å². The van der Waals surface area contributed by atoms with Gasteiger partial charge in [0, 0.05) is 38.6 Å². The van der Waals surface area contributed by atoms with E-state index in [4.69, 9.17) is 4.42 Å². The van der Waals surface area contributed by atoms with Crippen LogP contribution in [0.4, 0.5) is 17.1 Å². The van der Waals surface area contributed by atoms with Crippen molar-refractivity contribution in [3.05, 3.63) is 199 Å². The van der Waals surface area contributed by atoms with E-state index >= 15 is 0 Å². The Morgan fingerprint density at radius 2 is 0.982 bits per heavy atom. The zero-order chi connectivity index (χ0) is 36.7. The van der Waals surface area contributed by atoms with Gasteiger partial charge in [0.05, 0.1) is 0 Å². The normalized spacial score (nSPS) is 13.1. The molecule has 0 radical (unpaired) electrons. The molecule has 0 atom stereocenters. The van der Waals surface area contributed by atoms with Gasteiger partial charge in [0.2, 0.25) is 0 Å². The van der Waals surface area contributed by atoms with Crippen molar-refractivity contribution in [3.8, 4) is 33.4 Å². The summed E-state index contributed by atoms with van der Waals surface area (Å²) in [6, 6.07) is 68.5. The van der Waals surface area contributed by atoms with Gasteiger partial charge in [-0.25, -0.2) is 0 Å². The Hall–Kier alpha value is -6.90. The molecule has 10 aromatic rings. The number of hydrogen-bond donors (Lipinski definition) is 0. The third-order valence-electron chi connectivity index (χ3n) is 11.9. The van der Waals surface area contributed by atoms with Crippen molar-refractivity contribution in [1.82, 2.24) is 0 Å². The number of nitrogens with zero attached hydrogens (tertiary/aromatic N) is 1. The van der Waals surface area contributed by atoms with E-state index in [1.54, 1.807) is 0 Å². The Morgan fingerprint density at radius 3 is 1.78 bits per heavy atom. The molecule has 0 amide bonds. The monoisotopic (exact) mass is 703 g/mol. The molecule has 2 nitrogen and oxygen atoms in total. The van der Waals surface area contributed by atoms with Crippen LogP contribution in [0, 0.1) is 0 Å². The lowest BCUT2D eigenvalue weighted by Crippen LogP contribution is -2.15. The molecule has 0 N–H and O–H groups in total. The highest BCUT2D eigenvalue weighted by Crippen LogP contribution is 2.51. The van der Waals surface area contributed by atoms with E-state index in [0.717, 1.165) is 55.5 Å². The SMILES string of the molecule is CC1(C)c2ccccc2-c2cc(N(c3ccc(-c4ccc5oc6c7ccccc7ccc6c5c4)cc3)c3ccc(-c4cccc5ccccc45)cc3)ccc21. The molecule has 260 valence electrons. The summed E-state index contributed by atoms with van der Waals surface area (Å²) in [5.41, 5.74) is 15.3. The van der Waals surface area contributed by atoms with Crippen molar-refractivity contribution in [2.75, 3.05) is 4.90 Å². The van der Waals surface area contributed by atoms with Crippen LogP contribution in [0.15, 0.2) is 192 Å². The minimum atomic E-state index is -0.0500. The van der Waals surface area contributed by atoms with Gasteiger partial charge < -0.3 is 9.32 Å². The van der Waals surface area contributed by atoms with Crippen molar-refractivity contribution in [2.24, 2.45) is 0 Å². The summed E-state index contributed by atoms with van der Waals surface area (Å²) in [5.74, 6) is 0. The van der Waals surface area contributed by atoms with Crippen LogP contribution in [-0.2, 0) is 5.41 Å². The maximum atomic E-state index is 6.42. The summed E-state index contributed by atoms with van der Waals surface area (Å²) in [5, 5.41) is 7.13. The summed E-state index contributed by atoms with van der Waals surface area (Å²) in [4.78, 5) is 2.39. The van der Waals surface area contributed by atoms with Gasteiger partial charge in [-0.3, -0.25) is 0 Å². The molecule has 1 aromatic heterocycles. The van der Waals surface area contributed by atoms with Crippen molar-refractivity contribution < 1.29 is 4.42 Å². The first-order valence-electron chi connectivity index (χ1n) is 19.1. The molecular weight excluding hydrogens is 667 g/mol. The number of fused-ring (bicyclic) bond motifs is 9. The molecule has 1 aliphatic carbocycles. The summed E-state index contributed by atoms with van der Waals surface area (Å²) >= 11 is 0. The molecule has 11 rings (SSSR count). The Kier molecular flexibility index (Phi) is 6.93. The van der Waals surface area contributed by atoms with E-state index in [0.29, 0.717) is 0 Å². The molecule has 55 heavy (non-hydrogen) atoms. The van der Waals surface area contributed by atoms with Gasteiger partial charge in [0.1, 0.15) is 11.2 Å². The number of benzene rings is 9. The van der Waals surface area contributed by atoms with Crippen LogP contribution < -0.4 is 4.90 Å². The van der Waals surface area contributed by atoms with Crippen LogP contribution in [0.2, 0.25) is 0 Å². The molecule has 9 aromatic carbocycles. The van der Waals surface area contributed by atoms with Crippen LogP contribution in [0.1, 0.15) is 25.0 Å². The Morgan fingerprint density at radius 1 is 0.382 bits per heavy atom. The lowest BCUT2D eigenvalue weighted by atomic mass is 9.82. The zero-order valence-corrected chi connectivity index (χ0v) is 30.8. The lowest BCUT2D eigenvalue weighted by molar-refractivity contribution is 0.660. The van der Waals surface area contributed by atoms with Crippen LogP contribution >= 0.6 is 0 Å². The van der Waals surface area contributed by atoms with Crippen LogP contribution in [0.25, 0.3) is 76.9 Å². The molecule has 0 aliphatic heterocycles. The number of furan rings is 1. The van der Waals surface area contributed by atoms with Crippen molar-refractivity contribution >= 4 is 60.5 Å². The molecule has 0 saturated carbocycles. The van der Waals surface area contributed by atoms with Gasteiger partial charge in [-0.05, 0) is 115 Å². The second-order valence-electron chi connectivity index (χ2n) is 15.3. The molecule has 0 fully saturated rings. The average molecular weight is 704 g/mol. The van der Waals surface area contributed by atoms with Gasteiger partial charge in [-0.2, -0.15) is 0 Å². The fraction of sp³-hybridized carbons (Fsp3) is 0.0566. The number of hydrogen-bond acceptors (Lipinski definition) is 2. The smallest absolute Gasteiger partial charge is 0.143 e. The Labute approximate surface area is 320 Å². The molecule has 0 unspecified atom stereocenters. The molecule has 0 saturated heterocycles. The largest absolute Gasteiger partial charge is 0.455 e. The van der Waals surface area contributed by atoms with Crippen LogP contribution in [0.3, 0.4) is 0 Å². The maximum Gasteiger partial charge on any atom is 0.143 e. The highest BCUT2D eigenvalue weighted by Gasteiger charge is 2.35. The predicted octanol–water partition coefficient (Wildman–Crippen LogP) is 15.0. The van der Waals surface area contributed by atoms with Gasteiger partial charge in [-0.15, -0.1) is 0 Å². The molecule has 1 heterocycles. The first kappa shape index (κ1) is 31.6. The first-order chi connectivity index (χ1) is 27.0. The minimum absolute atomic E-state index is 0.0500. The summed E-state index contributed by atoms with van der Waals surface area (Å²) in [6.07, 6.45) is 0. The minimum Gasteiger partial charge on any atom is -0.455 e. The van der Waals surface area contributed by atoms with Crippen LogP contribution in [0.5, 0.6) is 0 Å². The number of rotatable bonds is 5. The van der Waals surface area contributed by atoms with Gasteiger partial charge in [-0.1, -0.05) is 147 Å². The summed E-state index contributed by atoms with van der Waals surface area (Å²) < 4.78 is 6.42. The molecular formula is C53H37NO. The Balaban J connectivity index is 1.02. The van der Waals surface area contributed by atoms with Gasteiger partial charge in [0.15, 0.2) is 0 Å². The van der Waals surface area contributed by atoms with Crippen molar-refractivity contribution in [3.63, 3.8) is 0 Å². The molecule has 0 spiro atoms. The van der Waals surface area contributed by atoms with E-state index in [1.807, 2.05) is 0 Å². The molecule has 2 heteroatoms. The molecule has 0 bridgehead atoms.